The molecular weight excluding hydrogens is 227 g/mol. The van der Waals surface area contributed by atoms with Gasteiger partial charge < -0.3 is 14.6 Å². The molecule has 0 unspecified atom stereocenters. The molecular formula is C9H10F3NO3. The number of methoxy groups -OCH3 is 1. The van der Waals surface area contributed by atoms with Crippen LogP contribution >= 0.6 is 0 Å². The largest absolute Gasteiger partial charge is 0.573 e. The van der Waals surface area contributed by atoms with Crippen molar-refractivity contribution in [3.05, 3.63) is 17.3 Å². The minimum atomic E-state index is -4.81. The molecule has 1 N–H and O–H groups in total. The third-order valence-corrected chi connectivity index (χ3v) is 1.95. The zero-order chi connectivity index (χ0) is 12.3. The maximum absolute atomic E-state index is 12.0. The fourth-order valence-electron chi connectivity index (χ4n) is 1.22. The zero-order valence-corrected chi connectivity index (χ0v) is 8.63. The minimum absolute atomic E-state index is 0.00387. The third kappa shape index (κ3) is 2.75. The fraction of sp³-hybridized carbons (Fsp3) is 0.444. The topological polar surface area (TPSA) is 51.6 Å². The van der Waals surface area contributed by atoms with Gasteiger partial charge in [-0.3, -0.25) is 0 Å². The van der Waals surface area contributed by atoms with Gasteiger partial charge in [-0.1, -0.05) is 0 Å². The molecule has 0 amide bonds. The molecule has 1 aromatic heterocycles. The van der Waals surface area contributed by atoms with E-state index in [0.717, 1.165) is 6.20 Å². The summed E-state index contributed by atoms with van der Waals surface area (Å²) in [6.07, 6.45) is -3.95. The Hall–Kier alpha value is -1.50. The van der Waals surface area contributed by atoms with Crippen molar-refractivity contribution in [1.82, 2.24) is 4.98 Å². The lowest BCUT2D eigenvalue weighted by Gasteiger charge is -2.14. The molecule has 1 aromatic rings. The predicted molar refractivity (Wildman–Crippen MR) is 48.1 cm³/mol. The summed E-state index contributed by atoms with van der Waals surface area (Å²) in [7, 11) is 1.33. The summed E-state index contributed by atoms with van der Waals surface area (Å²) in [6.45, 7) is 0.900. The van der Waals surface area contributed by atoms with Crippen LogP contribution in [-0.4, -0.2) is 23.6 Å². The maximum atomic E-state index is 12.0. The Morgan fingerprint density at radius 1 is 1.44 bits per heavy atom. The number of nitrogens with zero attached hydrogens (tertiary/aromatic N) is 1. The van der Waals surface area contributed by atoms with Crippen LogP contribution in [0.15, 0.2) is 6.20 Å². The van der Waals surface area contributed by atoms with Gasteiger partial charge in [-0.15, -0.1) is 13.2 Å². The second-order valence-corrected chi connectivity index (χ2v) is 2.94. The van der Waals surface area contributed by atoms with Crippen molar-refractivity contribution in [3.63, 3.8) is 0 Å². The van der Waals surface area contributed by atoms with Crippen molar-refractivity contribution in [2.45, 2.75) is 19.9 Å². The molecule has 0 fully saturated rings. The van der Waals surface area contributed by atoms with Gasteiger partial charge in [0.2, 0.25) is 5.88 Å². The Balaban J connectivity index is 3.16. The summed E-state index contributed by atoms with van der Waals surface area (Å²) in [4.78, 5) is 3.63. The van der Waals surface area contributed by atoms with Gasteiger partial charge in [-0.2, -0.15) is 0 Å². The van der Waals surface area contributed by atoms with E-state index in [1.165, 1.54) is 14.0 Å². The van der Waals surface area contributed by atoms with E-state index in [-0.39, 0.29) is 11.4 Å². The van der Waals surface area contributed by atoms with Crippen LogP contribution in [0.2, 0.25) is 0 Å². The van der Waals surface area contributed by atoms with Crippen LogP contribution in [0, 0.1) is 6.92 Å². The Morgan fingerprint density at radius 3 is 2.50 bits per heavy atom. The molecule has 0 spiro atoms. The monoisotopic (exact) mass is 237 g/mol. The van der Waals surface area contributed by atoms with Crippen molar-refractivity contribution < 1.29 is 27.8 Å². The second-order valence-electron chi connectivity index (χ2n) is 2.94. The van der Waals surface area contributed by atoms with Crippen molar-refractivity contribution in [2.24, 2.45) is 0 Å². The van der Waals surface area contributed by atoms with Gasteiger partial charge in [0, 0.05) is 11.1 Å². The van der Waals surface area contributed by atoms with Crippen LogP contribution in [0.4, 0.5) is 13.2 Å². The summed E-state index contributed by atoms with van der Waals surface area (Å²) in [5.74, 6) is -0.369. The van der Waals surface area contributed by atoms with E-state index in [4.69, 9.17) is 9.84 Å². The third-order valence-electron chi connectivity index (χ3n) is 1.95. The zero-order valence-electron chi connectivity index (χ0n) is 8.63. The van der Waals surface area contributed by atoms with Crippen LogP contribution in [-0.2, 0) is 6.61 Å². The first-order valence-electron chi connectivity index (χ1n) is 4.28. The number of hydrogen-bond donors (Lipinski definition) is 1. The maximum Gasteiger partial charge on any atom is 0.573 e. The number of pyridine rings is 1. The molecule has 0 bridgehead atoms. The summed E-state index contributed by atoms with van der Waals surface area (Å²) in [5.41, 5.74) is 0.316. The molecule has 0 atom stereocenters. The van der Waals surface area contributed by atoms with Crippen molar-refractivity contribution in [1.29, 1.82) is 0 Å². The van der Waals surface area contributed by atoms with Crippen molar-refractivity contribution >= 4 is 0 Å². The van der Waals surface area contributed by atoms with Crippen molar-refractivity contribution in [2.75, 3.05) is 7.11 Å². The lowest BCUT2D eigenvalue weighted by atomic mass is 10.1. The lowest BCUT2D eigenvalue weighted by molar-refractivity contribution is -0.275. The molecule has 7 heteroatoms. The van der Waals surface area contributed by atoms with Gasteiger partial charge >= 0.3 is 6.36 Å². The van der Waals surface area contributed by atoms with E-state index >= 15 is 0 Å². The standard InChI is InChI=1S/C9H10F3NO3/c1-5-6(4-14)7(16-9(10,11)12)3-13-8(5)15-2/h3,14H,4H2,1-2H3. The molecule has 0 aliphatic heterocycles. The average Bonchev–Trinajstić information content (AvgIpc) is 2.16. The quantitative estimate of drug-likeness (QED) is 0.870. The SMILES string of the molecule is COc1ncc(OC(F)(F)F)c(CO)c1C. The van der Waals surface area contributed by atoms with Crippen LogP contribution in [0.25, 0.3) is 0 Å². The highest BCUT2D eigenvalue weighted by molar-refractivity contribution is 5.42. The van der Waals surface area contributed by atoms with Crippen LogP contribution in [0.1, 0.15) is 11.1 Å². The molecule has 0 saturated carbocycles. The lowest BCUT2D eigenvalue weighted by Crippen LogP contribution is -2.19. The van der Waals surface area contributed by atoms with Gasteiger partial charge in [-0.05, 0) is 6.92 Å². The molecule has 0 aliphatic carbocycles. The van der Waals surface area contributed by atoms with Gasteiger partial charge in [0.1, 0.15) is 0 Å². The van der Waals surface area contributed by atoms with Gasteiger partial charge in [-0.25, -0.2) is 4.98 Å². The average molecular weight is 237 g/mol. The van der Waals surface area contributed by atoms with E-state index in [1.54, 1.807) is 0 Å². The summed E-state index contributed by atoms with van der Waals surface area (Å²) < 4.78 is 44.6. The predicted octanol–water partition coefficient (Wildman–Crippen LogP) is 1.79. The van der Waals surface area contributed by atoms with Crippen LogP contribution < -0.4 is 9.47 Å². The number of ether oxygens (including phenoxy) is 2. The number of alkyl halides is 3. The molecule has 0 radical (unpaired) electrons. The highest BCUT2D eigenvalue weighted by Gasteiger charge is 2.32. The fourth-order valence-corrected chi connectivity index (χ4v) is 1.22. The minimum Gasteiger partial charge on any atom is -0.481 e. The molecule has 1 rings (SSSR count). The summed E-state index contributed by atoms with van der Waals surface area (Å²) in [5, 5.41) is 8.99. The van der Waals surface area contributed by atoms with Gasteiger partial charge in [0.25, 0.3) is 0 Å². The number of aromatic nitrogens is 1. The Morgan fingerprint density at radius 2 is 2.06 bits per heavy atom. The van der Waals surface area contributed by atoms with E-state index in [2.05, 4.69) is 9.72 Å². The Bertz CT molecular complexity index is 379. The first kappa shape index (κ1) is 12.6. The molecule has 4 nitrogen and oxygen atoms in total. The van der Waals surface area contributed by atoms with Gasteiger partial charge in [0.15, 0.2) is 5.75 Å². The Labute approximate surface area is 89.6 Å². The van der Waals surface area contributed by atoms with Crippen LogP contribution in [0.5, 0.6) is 11.6 Å². The van der Waals surface area contributed by atoms with Gasteiger partial charge in [0.05, 0.1) is 19.9 Å². The van der Waals surface area contributed by atoms with E-state index < -0.39 is 18.7 Å². The molecule has 0 saturated heterocycles. The molecule has 0 aromatic carbocycles. The molecule has 0 aliphatic rings. The first-order chi connectivity index (χ1) is 7.39. The Kier molecular flexibility index (Phi) is 3.58. The number of halogens is 3. The number of rotatable bonds is 3. The molecule has 1 heterocycles. The van der Waals surface area contributed by atoms with E-state index in [0.29, 0.717) is 5.56 Å². The number of aliphatic hydroxyl groups excluding tert-OH is 1. The second kappa shape index (κ2) is 4.56. The van der Waals surface area contributed by atoms with Crippen LogP contribution in [0.3, 0.4) is 0 Å². The normalized spacial score (nSPS) is 11.4. The van der Waals surface area contributed by atoms with E-state index in [1.807, 2.05) is 0 Å². The first-order valence-corrected chi connectivity index (χ1v) is 4.28. The highest BCUT2D eigenvalue weighted by atomic mass is 19.4. The number of hydrogen-bond acceptors (Lipinski definition) is 4. The summed E-state index contributed by atoms with van der Waals surface area (Å²) >= 11 is 0. The smallest absolute Gasteiger partial charge is 0.481 e. The molecule has 16 heavy (non-hydrogen) atoms. The highest BCUT2D eigenvalue weighted by Crippen LogP contribution is 2.31. The van der Waals surface area contributed by atoms with E-state index in [9.17, 15) is 13.2 Å². The summed E-state index contributed by atoms with van der Waals surface area (Å²) in [6, 6.07) is 0. The number of aliphatic hydroxyl groups is 1. The van der Waals surface area contributed by atoms with Crippen molar-refractivity contribution in [3.8, 4) is 11.6 Å². The molecule has 90 valence electrons.